The largest absolute Gasteiger partial charge is 0.469 e. The normalized spacial score (nSPS) is 9.77. The predicted molar refractivity (Wildman–Crippen MR) is 103 cm³/mol. The van der Waals surface area contributed by atoms with Crippen LogP contribution in [0.1, 0.15) is 18.1 Å². The summed E-state index contributed by atoms with van der Waals surface area (Å²) in [5, 5.41) is 4.18. The second kappa shape index (κ2) is 9.82. The standard InChI is InChI=1S/C19H18O2S2.CO2/c1-3-13-7-9-22-18(13)14-5-4-6-15(11-14)19-16(8-10-23-19)12-17(20)21-2;2-1-3/h4-11H,3,12H2,1-2H3;. The minimum Gasteiger partial charge on any atom is -0.469 e. The highest BCUT2D eigenvalue weighted by Gasteiger charge is 2.13. The molecule has 0 aliphatic carbocycles. The summed E-state index contributed by atoms with van der Waals surface area (Å²) in [5.74, 6) is -0.202. The molecular formula is C20H18O4S2. The van der Waals surface area contributed by atoms with E-state index in [0.29, 0.717) is 6.42 Å². The summed E-state index contributed by atoms with van der Waals surface area (Å²) in [6, 6.07) is 12.8. The first-order chi connectivity index (χ1) is 12.6. The van der Waals surface area contributed by atoms with Gasteiger partial charge in [-0.05, 0) is 57.6 Å². The number of benzene rings is 1. The van der Waals surface area contributed by atoms with Crippen molar-refractivity contribution in [2.24, 2.45) is 0 Å². The van der Waals surface area contributed by atoms with E-state index in [1.54, 1.807) is 22.7 Å². The molecule has 0 atom stereocenters. The molecule has 0 amide bonds. The van der Waals surface area contributed by atoms with Crippen LogP contribution in [0.4, 0.5) is 0 Å². The lowest BCUT2D eigenvalue weighted by Crippen LogP contribution is -2.04. The van der Waals surface area contributed by atoms with Gasteiger partial charge in [-0.1, -0.05) is 25.1 Å². The molecule has 6 heteroatoms. The third kappa shape index (κ3) is 4.76. The van der Waals surface area contributed by atoms with Gasteiger partial charge in [-0.15, -0.1) is 22.7 Å². The molecule has 0 N–H and O–H groups in total. The number of hydrogen-bond donors (Lipinski definition) is 0. The first-order valence-corrected chi connectivity index (χ1v) is 9.70. The van der Waals surface area contributed by atoms with Gasteiger partial charge in [0.15, 0.2) is 0 Å². The Labute approximate surface area is 160 Å². The van der Waals surface area contributed by atoms with Crippen LogP contribution in [0.2, 0.25) is 0 Å². The first kappa shape index (κ1) is 19.8. The molecule has 3 aromatic rings. The Morgan fingerprint density at radius 1 is 1.00 bits per heavy atom. The monoisotopic (exact) mass is 386 g/mol. The summed E-state index contributed by atoms with van der Waals surface area (Å²) >= 11 is 3.45. The van der Waals surface area contributed by atoms with Crippen LogP contribution >= 0.6 is 22.7 Å². The van der Waals surface area contributed by atoms with Crippen molar-refractivity contribution in [3.8, 4) is 20.9 Å². The van der Waals surface area contributed by atoms with Crippen molar-refractivity contribution in [2.75, 3.05) is 7.11 Å². The van der Waals surface area contributed by atoms with E-state index in [1.165, 1.54) is 23.1 Å². The van der Waals surface area contributed by atoms with Crippen LogP contribution < -0.4 is 0 Å². The van der Waals surface area contributed by atoms with Gasteiger partial charge in [0.1, 0.15) is 0 Å². The summed E-state index contributed by atoms with van der Waals surface area (Å²) in [6.07, 6.45) is 1.61. The lowest BCUT2D eigenvalue weighted by molar-refractivity contribution is -0.191. The molecule has 0 fully saturated rings. The molecule has 0 spiro atoms. The molecule has 4 nitrogen and oxygen atoms in total. The number of carbonyl (C=O) groups excluding carboxylic acids is 3. The Morgan fingerprint density at radius 2 is 1.54 bits per heavy atom. The van der Waals surface area contributed by atoms with Gasteiger partial charge in [0.05, 0.1) is 13.5 Å². The molecular weight excluding hydrogens is 368 g/mol. The van der Waals surface area contributed by atoms with Crippen molar-refractivity contribution in [1.29, 1.82) is 0 Å². The van der Waals surface area contributed by atoms with Crippen molar-refractivity contribution in [1.82, 2.24) is 0 Å². The van der Waals surface area contributed by atoms with E-state index in [9.17, 15) is 4.79 Å². The van der Waals surface area contributed by atoms with Crippen molar-refractivity contribution in [3.05, 3.63) is 58.3 Å². The Morgan fingerprint density at radius 3 is 2.08 bits per heavy atom. The van der Waals surface area contributed by atoms with E-state index in [1.807, 2.05) is 11.4 Å². The number of thiophene rings is 2. The zero-order valence-electron chi connectivity index (χ0n) is 14.5. The SMILES string of the molecule is CCc1ccsc1-c1cccc(-c2sccc2CC(=O)OC)c1.O=C=O. The lowest BCUT2D eigenvalue weighted by Gasteiger charge is -2.07. The molecule has 0 aliphatic heterocycles. The fourth-order valence-electron chi connectivity index (χ4n) is 2.62. The molecule has 1 aromatic carbocycles. The van der Waals surface area contributed by atoms with E-state index in [4.69, 9.17) is 14.3 Å². The highest BCUT2D eigenvalue weighted by Crippen LogP contribution is 2.35. The minimum absolute atomic E-state index is 0.202. The summed E-state index contributed by atoms with van der Waals surface area (Å²) < 4.78 is 4.79. The van der Waals surface area contributed by atoms with Gasteiger partial charge in [-0.25, -0.2) is 0 Å². The maximum Gasteiger partial charge on any atom is 0.373 e. The highest BCUT2D eigenvalue weighted by atomic mass is 32.1. The van der Waals surface area contributed by atoms with Crippen molar-refractivity contribution >= 4 is 34.8 Å². The van der Waals surface area contributed by atoms with Crippen LogP contribution in [0.25, 0.3) is 20.9 Å². The molecule has 0 aliphatic rings. The van der Waals surface area contributed by atoms with Crippen molar-refractivity contribution < 1.29 is 19.1 Å². The molecule has 3 rings (SSSR count). The molecule has 0 radical (unpaired) electrons. The van der Waals surface area contributed by atoms with E-state index in [-0.39, 0.29) is 12.1 Å². The number of methoxy groups -OCH3 is 1. The fraction of sp³-hybridized carbons (Fsp3) is 0.200. The Balaban J connectivity index is 0.000000758. The number of rotatable bonds is 5. The zero-order valence-corrected chi connectivity index (χ0v) is 16.1. The first-order valence-electron chi connectivity index (χ1n) is 7.94. The Bertz CT molecular complexity index is 902. The fourth-order valence-corrected chi connectivity index (χ4v) is 4.54. The third-order valence-electron chi connectivity index (χ3n) is 3.82. The zero-order chi connectivity index (χ0) is 18.9. The van der Waals surface area contributed by atoms with Gasteiger partial charge < -0.3 is 4.74 Å². The molecule has 0 bridgehead atoms. The van der Waals surface area contributed by atoms with Gasteiger partial charge in [-0.3, -0.25) is 4.79 Å². The number of ether oxygens (including phenoxy) is 1. The average Bonchev–Trinajstić information content (AvgIpc) is 3.31. The van der Waals surface area contributed by atoms with Crippen LogP contribution in [0.15, 0.2) is 47.2 Å². The second-order valence-corrected chi connectivity index (χ2v) is 7.15. The van der Waals surface area contributed by atoms with E-state index in [2.05, 4.69) is 42.6 Å². The summed E-state index contributed by atoms with van der Waals surface area (Å²) in [7, 11) is 1.43. The molecule has 0 unspecified atom stereocenters. The van der Waals surface area contributed by atoms with E-state index < -0.39 is 0 Å². The summed E-state index contributed by atoms with van der Waals surface area (Å²) in [5.41, 5.74) is 4.81. The van der Waals surface area contributed by atoms with Crippen molar-refractivity contribution in [3.63, 3.8) is 0 Å². The predicted octanol–water partition coefficient (Wildman–Crippen LogP) is 4.84. The number of hydrogen-bond acceptors (Lipinski definition) is 6. The van der Waals surface area contributed by atoms with Crippen LogP contribution in [-0.4, -0.2) is 19.2 Å². The van der Waals surface area contributed by atoms with Gasteiger partial charge in [0.2, 0.25) is 0 Å². The lowest BCUT2D eigenvalue weighted by atomic mass is 10.0. The van der Waals surface area contributed by atoms with Crippen LogP contribution in [0.5, 0.6) is 0 Å². The van der Waals surface area contributed by atoms with E-state index in [0.717, 1.165) is 22.4 Å². The molecule has 2 heterocycles. The molecule has 0 saturated heterocycles. The third-order valence-corrected chi connectivity index (χ3v) is 5.84. The van der Waals surface area contributed by atoms with Crippen LogP contribution in [-0.2, 0) is 32.0 Å². The maximum absolute atomic E-state index is 11.6. The van der Waals surface area contributed by atoms with Crippen LogP contribution in [0, 0.1) is 0 Å². The summed E-state index contributed by atoms with van der Waals surface area (Å²) in [6.45, 7) is 2.18. The highest BCUT2D eigenvalue weighted by molar-refractivity contribution is 7.14. The topological polar surface area (TPSA) is 60.4 Å². The van der Waals surface area contributed by atoms with E-state index >= 15 is 0 Å². The van der Waals surface area contributed by atoms with Gasteiger partial charge in [-0.2, -0.15) is 9.59 Å². The molecule has 26 heavy (non-hydrogen) atoms. The molecule has 0 saturated carbocycles. The maximum atomic E-state index is 11.6. The van der Waals surface area contributed by atoms with Gasteiger partial charge in [0, 0.05) is 9.75 Å². The smallest absolute Gasteiger partial charge is 0.373 e. The number of carbonyl (C=O) groups is 1. The number of aryl methyl sites for hydroxylation is 1. The Kier molecular flexibility index (Phi) is 7.48. The second-order valence-electron chi connectivity index (χ2n) is 5.32. The molecule has 134 valence electrons. The van der Waals surface area contributed by atoms with Gasteiger partial charge in [0.25, 0.3) is 0 Å². The van der Waals surface area contributed by atoms with Crippen LogP contribution in [0.3, 0.4) is 0 Å². The van der Waals surface area contributed by atoms with Gasteiger partial charge >= 0.3 is 12.1 Å². The molecule has 2 aromatic heterocycles. The summed E-state index contributed by atoms with van der Waals surface area (Å²) in [4.78, 5) is 30.3. The minimum atomic E-state index is -0.202. The Hall–Kier alpha value is -2.53. The van der Waals surface area contributed by atoms with Crippen molar-refractivity contribution in [2.45, 2.75) is 19.8 Å². The average molecular weight is 386 g/mol. The quantitative estimate of drug-likeness (QED) is 0.589. The number of esters is 1.